The number of quaternary nitrogens is 2. The predicted molar refractivity (Wildman–Crippen MR) is 70.3 cm³/mol. The van der Waals surface area contributed by atoms with E-state index in [1.807, 2.05) is 0 Å². The van der Waals surface area contributed by atoms with Gasteiger partial charge in [-0.25, -0.2) is 0 Å². The molecular formula is C12H34Cl2N2. The number of rotatable bonds is 3. The molecule has 0 heterocycles. The largest absolute Gasteiger partial charge is 1.00 e. The van der Waals surface area contributed by atoms with Gasteiger partial charge in [-0.1, -0.05) is 14.9 Å². The molecule has 16 heavy (non-hydrogen) atoms. The fourth-order valence-electron chi connectivity index (χ4n) is 1.25. The van der Waals surface area contributed by atoms with Crippen LogP contribution >= 0.6 is 0 Å². The molecule has 0 aromatic rings. The van der Waals surface area contributed by atoms with E-state index in [4.69, 9.17) is 0 Å². The molecule has 0 unspecified atom stereocenters. The van der Waals surface area contributed by atoms with Crippen LogP contribution in [0.5, 0.6) is 0 Å². The normalized spacial score (nSPS) is 8.88. The van der Waals surface area contributed by atoms with E-state index in [1.54, 1.807) is 0 Å². The maximum Gasteiger partial charge on any atom is 0.206 e. The average Bonchev–Trinajstić information content (AvgIpc) is 1.88. The number of nitrogens with zero attached hydrogens (tertiary/aromatic N) is 2. The zero-order valence-corrected chi connectivity index (χ0v) is 12.0. The highest BCUT2D eigenvalue weighted by atomic mass is 35.5. The molecule has 0 aromatic heterocycles. The molecule has 0 aromatic carbocycles. The molecule has 0 N–H and O–H groups in total. The Kier molecular flexibility index (Phi) is 34.3. The Morgan fingerprint density at radius 1 is 0.812 bits per heavy atom. The second-order valence-electron chi connectivity index (χ2n) is 4.68. The maximum absolute atomic E-state index is 3.00. The lowest BCUT2D eigenvalue weighted by Gasteiger charge is -2.35. The van der Waals surface area contributed by atoms with Gasteiger partial charge in [0.15, 0.2) is 0 Å². The number of hydrogen-bond acceptors (Lipinski definition) is 0. The molecule has 0 aliphatic rings. The third kappa shape index (κ3) is 29.2. The Morgan fingerprint density at radius 3 is 1.12 bits per heavy atom. The average molecular weight is 277 g/mol. The first kappa shape index (κ1) is 36.0. The van der Waals surface area contributed by atoms with E-state index >= 15 is 0 Å². The van der Waals surface area contributed by atoms with Gasteiger partial charge in [-0.3, -0.25) is 8.97 Å². The zero-order valence-electron chi connectivity index (χ0n) is 10.5. The molecular weight excluding hydrogens is 243 g/mol. The van der Waals surface area contributed by atoms with Gasteiger partial charge in [0.05, 0.1) is 41.8 Å². The molecule has 0 saturated carbocycles. The van der Waals surface area contributed by atoms with Gasteiger partial charge in [0.2, 0.25) is 6.67 Å². The molecule has 106 valence electrons. The fraction of sp³-hybridized carbons (Fsp3) is 0.833. The van der Waals surface area contributed by atoms with Crippen LogP contribution in [0.2, 0.25) is 0 Å². The van der Waals surface area contributed by atoms with Crippen LogP contribution < -0.4 is 24.8 Å². The smallest absolute Gasteiger partial charge is 0.206 e. The second kappa shape index (κ2) is 15.2. The van der Waals surface area contributed by atoms with E-state index in [2.05, 4.69) is 55.3 Å². The molecule has 0 aliphatic carbocycles. The maximum atomic E-state index is 3.00. The van der Waals surface area contributed by atoms with Crippen molar-refractivity contribution in [2.24, 2.45) is 0 Å². The molecule has 0 atom stereocenters. The molecule has 0 fully saturated rings. The van der Waals surface area contributed by atoms with Crippen molar-refractivity contribution >= 4 is 0 Å². The van der Waals surface area contributed by atoms with Crippen LogP contribution in [0.15, 0.2) is 13.2 Å². The van der Waals surface area contributed by atoms with Crippen LogP contribution in [-0.2, 0) is 0 Å². The molecule has 0 radical (unpaired) electrons. The molecule has 0 rings (SSSR count). The molecule has 0 spiro atoms. The van der Waals surface area contributed by atoms with Crippen molar-refractivity contribution in [1.29, 1.82) is 0 Å². The van der Waals surface area contributed by atoms with Crippen LogP contribution in [0, 0.1) is 0 Å². The van der Waals surface area contributed by atoms with E-state index < -0.39 is 0 Å². The fourth-order valence-corrected chi connectivity index (χ4v) is 1.25. The van der Waals surface area contributed by atoms with E-state index in [0.717, 1.165) is 8.97 Å². The van der Waals surface area contributed by atoms with Crippen LogP contribution in [0.1, 0.15) is 21.8 Å². The van der Waals surface area contributed by atoms with Crippen molar-refractivity contribution in [3.05, 3.63) is 13.2 Å². The Balaban J connectivity index is -0.0000000393. The quantitative estimate of drug-likeness (QED) is 0.290. The first-order valence-corrected chi connectivity index (χ1v) is 4.39. The van der Waals surface area contributed by atoms with Crippen molar-refractivity contribution in [1.82, 2.24) is 0 Å². The van der Waals surface area contributed by atoms with Gasteiger partial charge in [-0.05, 0) is 6.92 Å². The van der Waals surface area contributed by atoms with Crippen molar-refractivity contribution in [2.45, 2.75) is 21.8 Å². The molecule has 0 saturated heterocycles. The Labute approximate surface area is 117 Å². The Bertz CT molecular complexity index is 121. The highest BCUT2D eigenvalue weighted by Crippen LogP contribution is 2.01. The summed E-state index contributed by atoms with van der Waals surface area (Å²) in [5, 5.41) is 0. The highest BCUT2D eigenvalue weighted by Gasteiger charge is 2.20. The Hall–Kier alpha value is 0.240. The second-order valence-corrected chi connectivity index (χ2v) is 4.68. The molecule has 4 heteroatoms. The van der Waals surface area contributed by atoms with Crippen molar-refractivity contribution in [3.8, 4) is 0 Å². The summed E-state index contributed by atoms with van der Waals surface area (Å²) in [6, 6.07) is 0. The lowest BCUT2D eigenvalue weighted by molar-refractivity contribution is -1.06. The summed E-state index contributed by atoms with van der Waals surface area (Å²) in [5.41, 5.74) is 0. The van der Waals surface area contributed by atoms with Gasteiger partial charge in [0, 0.05) is 0 Å². The van der Waals surface area contributed by atoms with Crippen molar-refractivity contribution in [2.75, 3.05) is 48.5 Å². The van der Waals surface area contributed by atoms with Crippen LogP contribution in [-0.4, -0.2) is 57.4 Å². The summed E-state index contributed by atoms with van der Waals surface area (Å²) in [4.78, 5) is 0. The van der Waals surface area contributed by atoms with E-state index in [-0.39, 0.29) is 39.7 Å². The third-order valence-corrected chi connectivity index (χ3v) is 1.66. The molecule has 2 nitrogen and oxygen atoms in total. The van der Waals surface area contributed by atoms with Crippen molar-refractivity contribution < 1.29 is 33.8 Å². The van der Waals surface area contributed by atoms with Gasteiger partial charge < -0.3 is 24.8 Å². The molecule has 0 amide bonds. The van der Waals surface area contributed by atoms with E-state index in [9.17, 15) is 0 Å². The van der Waals surface area contributed by atoms with E-state index in [0.29, 0.717) is 0 Å². The van der Waals surface area contributed by atoms with Gasteiger partial charge in [0.25, 0.3) is 0 Å². The Morgan fingerprint density at radius 2 is 1.06 bits per heavy atom. The minimum atomic E-state index is 0. The third-order valence-electron chi connectivity index (χ3n) is 1.66. The van der Waals surface area contributed by atoms with Gasteiger partial charge in [-0.2, -0.15) is 0 Å². The first-order chi connectivity index (χ1) is 5.27. The standard InChI is InChI=1S/C8H22N2.C2H4.2CH4.2ClH/c1-7-10(5,6)8-9(2,3)4;1-2;;;;/h7-8H2,1-6H3;1-2H2;2*1H4;2*1H/q+2;;;;;/p-2. The van der Waals surface area contributed by atoms with Gasteiger partial charge >= 0.3 is 0 Å². The van der Waals surface area contributed by atoms with Gasteiger partial charge in [0.1, 0.15) is 0 Å². The summed E-state index contributed by atoms with van der Waals surface area (Å²) in [6.07, 6.45) is 0. The number of hydrogen-bond donors (Lipinski definition) is 0. The predicted octanol–water partition coefficient (Wildman–Crippen LogP) is -3.17. The lowest BCUT2D eigenvalue weighted by atomic mass is 10.5. The van der Waals surface area contributed by atoms with Crippen LogP contribution in [0.4, 0.5) is 0 Å². The van der Waals surface area contributed by atoms with Crippen LogP contribution in [0.25, 0.3) is 0 Å². The summed E-state index contributed by atoms with van der Waals surface area (Å²) >= 11 is 0. The van der Waals surface area contributed by atoms with Crippen molar-refractivity contribution in [3.63, 3.8) is 0 Å². The minimum Gasteiger partial charge on any atom is -1.00 e. The number of halogens is 2. The minimum absolute atomic E-state index is 0. The highest BCUT2D eigenvalue weighted by molar-refractivity contribution is 4.22. The summed E-state index contributed by atoms with van der Waals surface area (Å²) < 4.78 is 2.14. The summed E-state index contributed by atoms with van der Waals surface area (Å²) in [5.74, 6) is 0. The molecule has 0 aliphatic heterocycles. The SMILES string of the molecule is C.C.C=C.CC[N+](C)(C)C[N+](C)(C)C.[Cl-].[Cl-]. The monoisotopic (exact) mass is 276 g/mol. The lowest BCUT2D eigenvalue weighted by Crippen LogP contribution is -3.00. The van der Waals surface area contributed by atoms with Crippen LogP contribution in [0.3, 0.4) is 0 Å². The van der Waals surface area contributed by atoms with Gasteiger partial charge in [-0.15, -0.1) is 13.2 Å². The first-order valence-electron chi connectivity index (χ1n) is 4.39. The van der Waals surface area contributed by atoms with E-state index in [1.165, 1.54) is 13.2 Å². The topological polar surface area (TPSA) is 0 Å². The molecule has 0 bridgehead atoms. The zero-order chi connectivity index (χ0) is 10.4. The summed E-state index contributed by atoms with van der Waals surface area (Å²) in [6.45, 7) is 10.6. The summed E-state index contributed by atoms with van der Waals surface area (Å²) in [7, 11) is 11.2.